The molecule has 2 heterocycles. The van der Waals surface area contributed by atoms with Crippen molar-refractivity contribution in [2.45, 2.75) is 70.6 Å². The highest BCUT2D eigenvalue weighted by atomic mass is 16.2. The van der Waals surface area contributed by atoms with E-state index in [4.69, 9.17) is 0 Å². The molecule has 4 rings (SSSR count). The molecule has 2 aromatic rings. The van der Waals surface area contributed by atoms with Crippen LogP contribution in [0.5, 0.6) is 0 Å². The van der Waals surface area contributed by atoms with Crippen LogP contribution in [0.25, 0.3) is 0 Å². The number of nitrogens with one attached hydrogen (secondary N) is 3. The fraction of sp³-hybridized carbons (Fsp3) is 0.393. The van der Waals surface area contributed by atoms with Crippen molar-refractivity contribution in [1.82, 2.24) is 20.9 Å². The van der Waals surface area contributed by atoms with Gasteiger partial charge in [-0.2, -0.15) is 0 Å². The standard InChI is InChI=1S/C28H32N4O5/c1-2-24(33)30-22(26(35)29-16-18-8-4-3-5-9-18)13-7-11-19-10-6-12-20-21(19)17-32(28(20)37)23-14-15-25(34)31-27(23)36/h3-6,8-10,12,22-23H,2,7,11,13-17H2,1H3,(H,29,35)(H,30,33)(H,31,34,36)/t22-,23?/m0/s1. The van der Waals surface area contributed by atoms with Gasteiger partial charge in [-0.15, -0.1) is 0 Å². The fourth-order valence-electron chi connectivity index (χ4n) is 4.85. The van der Waals surface area contributed by atoms with E-state index in [0.717, 1.165) is 16.7 Å². The van der Waals surface area contributed by atoms with E-state index >= 15 is 0 Å². The second-order valence-corrected chi connectivity index (χ2v) is 9.41. The third kappa shape index (κ3) is 6.22. The van der Waals surface area contributed by atoms with Crippen molar-refractivity contribution in [2.24, 2.45) is 0 Å². The zero-order chi connectivity index (χ0) is 26.4. The Morgan fingerprint density at radius 3 is 2.59 bits per heavy atom. The van der Waals surface area contributed by atoms with Gasteiger partial charge in [-0.05, 0) is 48.4 Å². The zero-order valence-electron chi connectivity index (χ0n) is 20.9. The second-order valence-electron chi connectivity index (χ2n) is 9.41. The number of amides is 5. The van der Waals surface area contributed by atoms with Gasteiger partial charge < -0.3 is 15.5 Å². The van der Waals surface area contributed by atoms with Gasteiger partial charge in [0.15, 0.2) is 0 Å². The summed E-state index contributed by atoms with van der Waals surface area (Å²) in [5, 5.41) is 8.05. The Labute approximate surface area is 216 Å². The van der Waals surface area contributed by atoms with Crippen molar-refractivity contribution in [3.05, 3.63) is 70.8 Å². The highest BCUT2D eigenvalue weighted by Gasteiger charge is 2.39. The molecular formula is C28H32N4O5. The molecule has 0 aliphatic carbocycles. The van der Waals surface area contributed by atoms with E-state index in [1.165, 1.54) is 4.90 Å². The van der Waals surface area contributed by atoms with Gasteiger partial charge >= 0.3 is 0 Å². The minimum atomic E-state index is -0.660. The largest absolute Gasteiger partial charge is 0.350 e. The van der Waals surface area contributed by atoms with E-state index in [1.54, 1.807) is 13.0 Å². The number of hydrogen-bond acceptors (Lipinski definition) is 5. The van der Waals surface area contributed by atoms with Crippen LogP contribution < -0.4 is 16.0 Å². The van der Waals surface area contributed by atoms with E-state index in [1.807, 2.05) is 42.5 Å². The van der Waals surface area contributed by atoms with Crippen molar-refractivity contribution in [2.75, 3.05) is 0 Å². The maximum atomic E-state index is 13.1. The molecule has 0 spiro atoms. The number of carbonyl (C=O) groups excluding carboxylic acids is 5. The molecule has 2 atom stereocenters. The Morgan fingerprint density at radius 2 is 1.86 bits per heavy atom. The molecule has 194 valence electrons. The first kappa shape index (κ1) is 26.1. The van der Waals surface area contributed by atoms with Gasteiger partial charge in [0.25, 0.3) is 5.91 Å². The Bertz CT molecular complexity index is 1200. The van der Waals surface area contributed by atoms with Gasteiger partial charge in [0.2, 0.25) is 23.6 Å². The molecule has 0 bridgehead atoms. The summed E-state index contributed by atoms with van der Waals surface area (Å²) in [6, 6.07) is 13.8. The molecule has 1 saturated heterocycles. The molecule has 1 unspecified atom stereocenters. The van der Waals surface area contributed by atoms with Crippen LogP contribution in [0, 0.1) is 0 Å². The van der Waals surface area contributed by atoms with E-state index in [9.17, 15) is 24.0 Å². The molecule has 1 fully saturated rings. The number of aryl methyl sites for hydroxylation is 1. The minimum absolute atomic E-state index is 0.189. The Balaban J connectivity index is 1.39. The molecular weight excluding hydrogens is 472 g/mol. The first-order chi connectivity index (χ1) is 17.9. The maximum Gasteiger partial charge on any atom is 0.255 e. The molecule has 3 N–H and O–H groups in total. The summed E-state index contributed by atoms with van der Waals surface area (Å²) in [7, 11) is 0. The average Bonchev–Trinajstić information content (AvgIpc) is 3.24. The van der Waals surface area contributed by atoms with Gasteiger partial charge in [0.1, 0.15) is 12.1 Å². The van der Waals surface area contributed by atoms with Gasteiger partial charge in [-0.25, -0.2) is 0 Å². The highest BCUT2D eigenvalue weighted by molar-refractivity contribution is 6.05. The van der Waals surface area contributed by atoms with Gasteiger partial charge in [-0.1, -0.05) is 49.4 Å². The number of piperidine rings is 1. The SMILES string of the molecule is CCC(=O)N[C@@H](CCCc1cccc2c1CN(C1CCC(=O)NC1=O)C2=O)C(=O)NCc1ccccc1. The Morgan fingerprint density at radius 1 is 1.08 bits per heavy atom. The average molecular weight is 505 g/mol. The second kappa shape index (κ2) is 11.8. The van der Waals surface area contributed by atoms with Crippen molar-refractivity contribution in [3.63, 3.8) is 0 Å². The van der Waals surface area contributed by atoms with Crippen LogP contribution in [-0.4, -0.2) is 46.5 Å². The van der Waals surface area contributed by atoms with E-state index in [0.29, 0.717) is 44.3 Å². The van der Waals surface area contributed by atoms with Crippen molar-refractivity contribution in [1.29, 1.82) is 0 Å². The Kier molecular flexibility index (Phi) is 8.32. The third-order valence-corrected chi connectivity index (χ3v) is 6.90. The Hall–Kier alpha value is -4.01. The predicted octanol–water partition coefficient (Wildman–Crippen LogP) is 1.98. The summed E-state index contributed by atoms with van der Waals surface area (Å²) in [6.07, 6.45) is 2.49. The lowest BCUT2D eigenvalue weighted by Crippen LogP contribution is -2.52. The molecule has 2 aliphatic rings. The van der Waals surface area contributed by atoms with E-state index in [-0.39, 0.29) is 36.5 Å². The lowest BCUT2D eigenvalue weighted by molar-refractivity contribution is -0.137. The summed E-state index contributed by atoms with van der Waals surface area (Å²) in [6.45, 7) is 2.43. The van der Waals surface area contributed by atoms with Crippen LogP contribution in [0.3, 0.4) is 0 Å². The number of fused-ring (bicyclic) bond motifs is 1. The first-order valence-corrected chi connectivity index (χ1v) is 12.7. The summed E-state index contributed by atoms with van der Waals surface area (Å²) < 4.78 is 0. The van der Waals surface area contributed by atoms with Crippen LogP contribution in [0.2, 0.25) is 0 Å². The zero-order valence-corrected chi connectivity index (χ0v) is 20.9. The van der Waals surface area contributed by atoms with Crippen molar-refractivity contribution < 1.29 is 24.0 Å². The smallest absolute Gasteiger partial charge is 0.255 e. The van der Waals surface area contributed by atoms with Crippen LogP contribution in [0.15, 0.2) is 48.5 Å². The normalized spacial score (nSPS) is 17.7. The molecule has 0 saturated carbocycles. The molecule has 0 radical (unpaired) electrons. The quantitative estimate of drug-likeness (QED) is 0.427. The summed E-state index contributed by atoms with van der Waals surface area (Å²) in [4.78, 5) is 63.4. The first-order valence-electron chi connectivity index (χ1n) is 12.7. The van der Waals surface area contributed by atoms with E-state index in [2.05, 4.69) is 16.0 Å². The lowest BCUT2D eigenvalue weighted by atomic mass is 9.97. The molecule has 9 heteroatoms. The molecule has 9 nitrogen and oxygen atoms in total. The fourth-order valence-corrected chi connectivity index (χ4v) is 4.85. The number of carbonyl (C=O) groups is 5. The summed E-state index contributed by atoms with van der Waals surface area (Å²) >= 11 is 0. The van der Waals surface area contributed by atoms with Crippen molar-refractivity contribution in [3.8, 4) is 0 Å². The molecule has 5 amide bonds. The van der Waals surface area contributed by atoms with E-state index < -0.39 is 18.0 Å². The number of nitrogens with zero attached hydrogens (tertiary/aromatic N) is 1. The molecule has 0 aromatic heterocycles. The monoisotopic (exact) mass is 504 g/mol. The number of rotatable bonds is 10. The van der Waals surface area contributed by atoms with Gasteiger partial charge in [-0.3, -0.25) is 29.3 Å². The number of benzene rings is 2. The van der Waals surface area contributed by atoms with Crippen LogP contribution in [0.4, 0.5) is 0 Å². The molecule has 2 aromatic carbocycles. The van der Waals surface area contributed by atoms with Gasteiger partial charge in [0.05, 0.1) is 0 Å². The van der Waals surface area contributed by atoms with Gasteiger partial charge in [0, 0.05) is 31.5 Å². The molecule has 2 aliphatic heterocycles. The van der Waals surface area contributed by atoms with Crippen LogP contribution >= 0.6 is 0 Å². The summed E-state index contributed by atoms with van der Waals surface area (Å²) in [5.41, 5.74) is 3.39. The number of imide groups is 1. The third-order valence-electron chi connectivity index (χ3n) is 6.90. The topological polar surface area (TPSA) is 125 Å². The predicted molar refractivity (Wildman–Crippen MR) is 136 cm³/mol. The number of hydrogen-bond donors (Lipinski definition) is 3. The summed E-state index contributed by atoms with van der Waals surface area (Å²) in [5.74, 6) is -1.38. The van der Waals surface area contributed by atoms with Crippen molar-refractivity contribution >= 4 is 29.5 Å². The lowest BCUT2D eigenvalue weighted by Gasteiger charge is -2.29. The molecule has 37 heavy (non-hydrogen) atoms. The minimum Gasteiger partial charge on any atom is -0.350 e. The van der Waals surface area contributed by atoms with Crippen LogP contribution in [0.1, 0.15) is 66.1 Å². The van der Waals surface area contributed by atoms with Crippen LogP contribution in [-0.2, 0) is 38.7 Å². The highest BCUT2D eigenvalue weighted by Crippen LogP contribution is 2.30. The maximum absolute atomic E-state index is 13.1.